The Hall–Kier alpha value is -1.44. The summed E-state index contributed by atoms with van der Waals surface area (Å²) in [5, 5.41) is 2.90. The maximum Gasteiger partial charge on any atom is 0.241 e. The van der Waals surface area contributed by atoms with Crippen molar-refractivity contribution in [3.63, 3.8) is 0 Å². The molecule has 0 aromatic carbocycles. The Morgan fingerprint density at radius 3 is 2.62 bits per heavy atom. The maximum atomic E-state index is 5.87. The number of thiophene rings is 1. The van der Waals surface area contributed by atoms with Gasteiger partial charge in [0.15, 0.2) is 0 Å². The molecule has 0 amide bonds. The summed E-state index contributed by atoms with van der Waals surface area (Å²) in [6.07, 6.45) is 0. The molecule has 0 aliphatic heterocycles. The molecule has 0 saturated carbocycles. The molecular formula is C14H23N5OS. The van der Waals surface area contributed by atoms with E-state index in [1.807, 2.05) is 11.4 Å². The van der Waals surface area contributed by atoms with E-state index in [2.05, 4.69) is 48.0 Å². The molecule has 0 bridgehead atoms. The van der Waals surface area contributed by atoms with Crippen LogP contribution in [-0.2, 0) is 0 Å². The molecule has 2 aromatic heterocycles. The smallest absolute Gasteiger partial charge is 0.241 e. The highest BCUT2D eigenvalue weighted by atomic mass is 32.1. The molecule has 3 N–H and O–H groups in total. The van der Waals surface area contributed by atoms with Crippen LogP contribution in [0.15, 0.2) is 11.4 Å². The molecule has 21 heavy (non-hydrogen) atoms. The summed E-state index contributed by atoms with van der Waals surface area (Å²) >= 11 is 1.54. The van der Waals surface area contributed by atoms with Crippen molar-refractivity contribution in [2.24, 2.45) is 5.84 Å². The highest BCUT2D eigenvalue weighted by molar-refractivity contribution is 7.16. The zero-order valence-electron chi connectivity index (χ0n) is 13.0. The maximum absolute atomic E-state index is 5.87. The highest BCUT2D eigenvalue weighted by Crippen LogP contribution is 2.27. The van der Waals surface area contributed by atoms with Crippen molar-refractivity contribution in [1.29, 1.82) is 0 Å². The molecule has 0 aliphatic rings. The number of nitrogen functional groups attached to an aromatic ring is 1. The Bertz CT molecular complexity index is 576. The normalized spacial score (nSPS) is 11.8. The van der Waals surface area contributed by atoms with Gasteiger partial charge in [0.2, 0.25) is 11.8 Å². The second-order valence-corrected chi connectivity index (χ2v) is 6.30. The van der Waals surface area contributed by atoms with Crippen molar-refractivity contribution in [2.75, 3.05) is 18.6 Å². The fourth-order valence-corrected chi connectivity index (χ4v) is 3.12. The third-order valence-corrected chi connectivity index (χ3v) is 4.14. The van der Waals surface area contributed by atoms with Crippen molar-refractivity contribution in [3.05, 3.63) is 11.4 Å². The minimum atomic E-state index is 0.379. The molecular weight excluding hydrogens is 286 g/mol. The number of anilines is 1. The van der Waals surface area contributed by atoms with Crippen molar-refractivity contribution in [3.8, 4) is 5.88 Å². The zero-order valence-corrected chi connectivity index (χ0v) is 13.8. The molecule has 0 unspecified atom stereocenters. The lowest BCUT2D eigenvalue weighted by Gasteiger charge is -2.30. The first kappa shape index (κ1) is 15.9. The Kier molecular flexibility index (Phi) is 5.33. The second kappa shape index (κ2) is 7.02. The number of ether oxygens (including phenoxy) is 1. The Labute approximate surface area is 129 Å². The van der Waals surface area contributed by atoms with E-state index in [9.17, 15) is 0 Å². The summed E-state index contributed by atoms with van der Waals surface area (Å²) in [7, 11) is 0. The number of aromatic nitrogens is 2. The van der Waals surface area contributed by atoms with Crippen LogP contribution in [0.3, 0.4) is 0 Å². The highest BCUT2D eigenvalue weighted by Gasteiger charge is 2.14. The van der Waals surface area contributed by atoms with Crippen LogP contribution < -0.4 is 16.0 Å². The quantitative estimate of drug-likeness (QED) is 0.604. The standard InChI is InChI=1S/C14H23N5OS/c1-9(2)19(10(3)4)6-7-20-12-11-5-8-21-13(11)17-14(16-12)18-15/h5,8-10H,6-7,15H2,1-4H3,(H,16,17,18). The van der Waals surface area contributed by atoms with Gasteiger partial charge in [-0.2, -0.15) is 4.98 Å². The van der Waals surface area contributed by atoms with E-state index < -0.39 is 0 Å². The minimum absolute atomic E-state index is 0.379. The van der Waals surface area contributed by atoms with E-state index in [0.717, 1.165) is 16.8 Å². The van der Waals surface area contributed by atoms with Gasteiger partial charge in [-0.05, 0) is 39.1 Å². The molecule has 6 nitrogen and oxygen atoms in total. The topological polar surface area (TPSA) is 76.3 Å². The number of hydrogen-bond donors (Lipinski definition) is 2. The summed E-state index contributed by atoms with van der Waals surface area (Å²) in [6.45, 7) is 10.2. The fraction of sp³-hybridized carbons (Fsp3) is 0.571. The minimum Gasteiger partial charge on any atom is -0.476 e. The van der Waals surface area contributed by atoms with Gasteiger partial charge in [0, 0.05) is 18.6 Å². The number of fused-ring (bicyclic) bond motifs is 1. The van der Waals surface area contributed by atoms with Crippen LogP contribution in [0.2, 0.25) is 0 Å². The van der Waals surface area contributed by atoms with Gasteiger partial charge >= 0.3 is 0 Å². The number of nitrogens with one attached hydrogen (secondary N) is 1. The van der Waals surface area contributed by atoms with Gasteiger partial charge in [0.25, 0.3) is 0 Å². The Morgan fingerprint density at radius 2 is 2.00 bits per heavy atom. The number of rotatable bonds is 7. The predicted molar refractivity (Wildman–Crippen MR) is 87.7 cm³/mol. The van der Waals surface area contributed by atoms with Gasteiger partial charge in [-0.15, -0.1) is 11.3 Å². The largest absolute Gasteiger partial charge is 0.476 e. The van der Waals surface area contributed by atoms with Crippen LogP contribution >= 0.6 is 11.3 Å². The van der Waals surface area contributed by atoms with Crippen molar-refractivity contribution in [2.45, 2.75) is 39.8 Å². The van der Waals surface area contributed by atoms with E-state index in [1.165, 1.54) is 0 Å². The molecule has 7 heteroatoms. The monoisotopic (exact) mass is 309 g/mol. The molecule has 0 spiro atoms. The van der Waals surface area contributed by atoms with Crippen LogP contribution in [0.4, 0.5) is 5.95 Å². The third kappa shape index (κ3) is 3.81. The van der Waals surface area contributed by atoms with E-state index >= 15 is 0 Å². The molecule has 0 radical (unpaired) electrons. The van der Waals surface area contributed by atoms with Crippen LogP contribution in [0.25, 0.3) is 10.2 Å². The van der Waals surface area contributed by atoms with Crippen molar-refractivity contribution >= 4 is 27.5 Å². The second-order valence-electron chi connectivity index (χ2n) is 5.41. The van der Waals surface area contributed by atoms with Crippen LogP contribution in [0, 0.1) is 0 Å². The summed E-state index contributed by atoms with van der Waals surface area (Å²) in [4.78, 5) is 11.8. The van der Waals surface area contributed by atoms with Gasteiger partial charge in [0.05, 0.1) is 5.39 Å². The molecule has 2 heterocycles. The van der Waals surface area contributed by atoms with Gasteiger partial charge in [-0.25, -0.2) is 10.8 Å². The first-order valence-corrected chi connectivity index (χ1v) is 8.01. The van der Waals surface area contributed by atoms with Gasteiger partial charge in [0.1, 0.15) is 11.4 Å². The third-order valence-electron chi connectivity index (χ3n) is 3.33. The van der Waals surface area contributed by atoms with Crippen molar-refractivity contribution < 1.29 is 4.74 Å². The summed E-state index contributed by atoms with van der Waals surface area (Å²) in [5.74, 6) is 6.36. The Balaban J connectivity index is 2.07. The van der Waals surface area contributed by atoms with E-state index in [4.69, 9.17) is 10.6 Å². The van der Waals surface area contributed by atoms with Crippen LogP contribution in [-0.4, -0.2) is 40.1 Å². The van der Waals surface area contributed by atoms with Gasteiger partial charge < -0.3 is 4.74 Å². The predicted octanol–water partition coefficient (Wildman–Crippen LogP) is 2.47. The number of hydrazine groups is 1. The average molecular weight is 309 g/mol. The Morgan fingerprint density at radius 1 is 1.29 bits per heavy atom. The molecule has 2 aromatic rings. The SMILES string of the molecule is CC(C)N(CCOc1nc(NN)nc2sccc12)C(C)C. The van der Waals surface area contributed by atoms with E-state index in [0.29, 0.717) is 30.5 Å². The van der Waals surface area contributed by atoms with Gasteiger partial charge in [-0.1, -0.05) is 0 Å². The van der Waals surface area contributed by atoms with Crippen molar-refractivity contribution in [1.82, 2.24) is 14.9 Å². The summed E-state index contributed by atoms with van der Waals surface area (Å²) < 4.78 is 5.87. The molecule has 2 rings (SSSR count). The summed E-state index contributed by atoms with van der Waals surface area (Å²) in [5.41, 5.74) is 2.48. The van der Waals surface area contributed by atoms with Crippen LogP contribution in [0.1, 0.15) is 27.7 Å². The molecule has 116 valence electrons. The fourth-order valence-electron chi connectivity index (χ4n) is 2.36. The lowest BCUT2D eigenvalue weighted by molar-refractivity contribution is 0.141. The molecule has 0 fully saturated rings. The average Bonchev–Trinajstić information content (AvgIpc) is 2.90. The molecule has 0 atom stereocenters. The lowest BCUT2D eigenvalue weighted by atomic mass is 10.2. The zero-order chi connectivity index (χ0) is 15.4. The molecule has 0 aliphatic carbocycles. The molecule has 0 saturated heterocycles. The van der Waals surface area contributed by atoms with E-state index in [1.54, 1.807) is 11.3 Å². The van der Waals surface area contributed by atoms with E-state index in [-0.39, 0.29) is 0 Å². The van der Waals surface area contributed by atoms with Gasteiger partial charge in [-0.3, -0.25) is 10.3 Å². The summed E-state index contributed by atoms with van der Waals surface area (Å²) in [6, 6.07) is 2.95. The van der Waals surface area contributed by atoms with Crippen LogP contribution in [0.5, 0.6) is 5.88 Å². The first-order chi connectivity index (χ1) is 10.0. The number of nitrogens with two attached hydrogens (primary N) is 1. The number of hydrogen-bond acceptors (Lipinski definition) is 7. The number of nitrogens with zero attached hydrogens (tertiary/aromatic N) is 3. The lowest BCUT2D eigenvalue weighted by Crippen LogP contribution is -2.39. The first-order valence-electron chi connectivity index (χ1n) is 7.13.